The molecular weight excluding hydrogens is 432 g/mol. The lowest BCUT2D eigenvalue weighted by Gasteiger charge is -2.32. The maximum Gasteiger partial charge on any atom is 0.411 e. The van der Waals surface area contributed by atoms with Gasteiger partial charge in [-0.25, -0.2) is 9.78 Å². The molecule has 1 aliphatic rings. The van der Waals surface area contributed by atoms with Crippen molar-refractivity contribution < 1.29 is 14.7 Å². The molecule has 1 saturated heterocycles. The van der Waals surface area contributed by atoms with Crippen LogP contribution in [0.4, 0.5) is 22.0 Å². The molecule has 0 radical (unpaired) electrons. The molecule has 0 aliphatic carbocycles. The summed E-state index contributed by atoms with van der Waals surface area (Å²) in [5.74, 6) is 1.16. The largest absolute Gasteiger partial charge is 0.465 e. The van der Waals surface area contributed by atoms with Gasteiger partial charge in [0.2, 0.25) is 0 Å². The SMILES string of the molecule is Cc1ccc(C(=O)Nc2cnn(CCN(C(=O)O)c3ccccc3)c2)c(N2CCC(C)CC2)n1. The van der Waals surface area contributed by atoms with Crippen molar-refractivity contribution in [2.45, 2.75) is 33.2 Å². The molecule has 0 spiro atoms. The van der Waals surface area contributed by atoms with Crippen LogP contribution in [0.25, 0.3) is 0 Å². The van der Waals surface area contributed by atoms with Gasteiger partial charge in [-0.1, -0.05) is 25.1 Å². The lowest BCUT2D eigenvalue weighted by molar-refractivity contribution is 0.102. The minimum atomic E-state index is -1.03. The number of pyridine rings is 1. The summed E-state index contributed by atoms with van der Waals surface area (Å²) in [6.45, 7) is 6.53. The Labute approximate surface area is 199 Å². The first-order valence-corrected chi connectivity index (χ1v) is 11.5. The Balaban J connectivity index is 1.42. The van der Waals surface area contributed by atoms with Gasteiger partial charge in [-0.3, -0.25) is 14.4 Å². The highest BCUT2D eigenvalue weighted by Crippen LogP contribution is 2.26. The monoisotopic (exact) mass is 462 g/mol. The topological polar surface area (TPSA) is 104 Å². The van der Waals surface area contributed by atoms with Crippen LogP contribution in [-0.4, -0.2) is 51.5 Å². The van der Waals surface area contributed by atoms with Crippen molar-refractivity contribution >= 4 is 29.2 Å². The Bertz CT molecular complexity index is 1140. The van der Waals surface area contributed by atoms with E-state index in [1.165, 1.54) is 4.90 Å². The molecule has 0 bridgehead atoms. The molecule has 2 N–H and O–H groups in total. The third-order valence-corrected chi connectivity index (χ3v) is 6.08. The van der Waals surface area contributed by atoms with E-state index in [2.05, 4.69) is 27.2 Å². The average molecular weight is 463 g/mol. The quantitative estimate of drug-likeness (QED) is 0.544. The predicted octanol–water partition coefficient (Wildman–Crippen LogP) is 4.26. The number of nitrogens with zero attached hydrogens (tertiary/aromatic N) is 5. The van der Waals surface area contributed by atoms with Crippen molar-refractivity contribution in [3.8, 4) is 0 Å². The van der Waals surface area contributed by atoms with Crippen molar-refractivity contribution in [3.05, 3.63) is 66.1 Å². The van der Waals surface area contributed by atoms with Crippen LogP contribution >= 0.6 is 0 Å². The standard InChI is InChI=1S/C25H30N6O3/c1-18-10-12-29(13-11-18)23-22(9-8-19(2)27-23)24(32)28-20-16-26-30(17-20)14-15-31(25(33)34)21-6-4-3-5-7-21/h3-9,16-18H,10-15H2,1-2H3,(H,28,32)(H,33,34). The van der Waals surface area contributed by atoms with Gasteiger partial charge >= 0.3 is 6.09 Å². The van der Waals surface area contributed by atoms with Gasteiger partial charge in [0, 0.05) is 37.2 Å². The molecular formula is C25H30N6O3. The fraction of sp³-hybridized carbons (Fsp3) is 0.360. The van der Waals surface area contributed by atoms with Gasteiger partial charge in [0.05, 0.1) is 24.0 Å². The molecule has 1 aliphatic heterocycles. The first-order valence-electron chi connectivity index (χ1n) is 11.5. The number of piperidine rings is 1. The number of rotatable bonds is 7. The molecule has 1 fully saturated rings. The first-order chi connectivity index (χ1) is 16.4. The number of hydrogen-bond acceptors (Lipinski definition) is 5. The van der Waals surface area contributed by atoms with Crippen LogP contribution in [-0.2, 0) is 6.54 Å². The van der Waals surface area contributed by atoms with Gasteiger partial charge in [-0.05, 0) is 49.9 Å². The Morgan fingerprint density at radius 2 is 1.88 bits per heavy atom. The minimum absolute atomic E-state index is 0.230. The van der Waals surface area contributed by atoms with E-state index < -0.39 is 6.09 Å². The summed E-state index contributed by atoms with van der Waals surface area (Å²) in [6.07, 6.45) is 4.40. The highest BCUT2D eigenvalue weighted by atomic mass is 16.4. The van der Waals surface area contributed by atoms with Crippen molar-refractivity contribution in [1.29, 1.82) is 0 Å². The van der Waals surface area contributed by atoms with Gasteiger partial charge in [0.1, 0.15) is 5.82 Å². The van der Waals surface area contributed by atoms with E-state index in [0.29, 0.717) is 29.4 Å². The highest BCUT2D eigenvalue weighted by molar-refractivity contribution is 6.07. The molecule has 1 aromatic carbocycles. The zero-order valence-corrected chi connectivity index (χ0v) is 19.5. The van der Waals surface area contributed by atoms with E-state index in [4.69, 9.17) is 0 Å². The number of aromatic nitrogens is 3. The predicted molar refractivity (Wildman–Crippen MR) is 132 cm³/mol. The summed E-state index contributed by atoms with van der Waals surface area (Å²) in [6, 6.07) is 12.6. The summed E-state index contributed by atoms with van der Waals surface area (Å²) >= 11 is 0. The number of carbonyl (C=O) groups is 2. The fourth-order valence-electron chi connectivity index (χ4n) is 4.08. The van der Waals surface area contributed by atoms with Gasteiger partial charge in [-0.2, -0.15) is 5.10 Å². The van der Waals surface area contributed by atoms with Crippen LogP contribution in [0.3, 0.4) is 0 Å². The van der Waals surface area contributed by atoms with Crippen LogP contribution < -0.4 is 15.1 Å². The summed E-state index contributed by atoms with van der Waals surface area (Å²) < 4.78 is 1.62. The smallest absolute Gasteiger partial charge is 0.411 e. The second-order valence-electron chi connectivity index (χ2n) is 8.71. The van der Waals surface area contributed by atoms with E-state index in [9.17, 15) is 14.7 Å². The molecule has 0 unspecified atom stereocenters. The molecule has 178 valence electrons. The number of nitrogens with one attached hydrogen (secondary N) is 1. The second kappa shape index (κ2) is 10.4. The van der Waals surface area contributed by atoms with Gasteiger partial charge in [0.15, 0.2) is 0 Å². The number of aryl methyl sites for hydroxylation is 1. The average Bonchev–Trinajstić information content (AvgIpc) is 3.27. The summed E-state index contributed by atoms with van der Waals surface area (Å²) in [5.41, 5.74) is 2.56. The van der Waals surface area contributed by atoms with Crippen molar-refractivity contribution in [3.63, 3.8) is 0 Å². The maximum absolute atomic E-state index is 13.1. The fourth-order valence-corrected chi connectivity index (χ4v) is 4.08. The van der Waals surface area contributed by atoms with Crippen LogP contribution in [0.5, 0.6) is 0 Å². The van der Waals surface area contributed by atoms with Crippen molar-refractivity contribution in [2.75, 3.05) is 34.8 Å². The Morgan fingerprint density at radius 3 is 2.59 bits per heavy atom. The summed E-state index contributed by atoms with van der Waals surface area (Å²) in [7, 11) is 0. The molecule has 4 rings (SSSR count). The molecule has 34 heavy (non-hydrogen) atoms. The molecule has 0 atom stereocenters. The van der Waals surface area contributed by atoms with E-state index in [-0.39, 0.29) is 12.5 Å². The Hall–Kier alpha value is -3.88. The highest BCUT2D eigenvalue weighted by Gasteiger charge is 2.23. The number of carbonyl (C=O) groups excluding carboxylic acids is 1. The lowest BCUT2D eigenvalue weighted by Crippen LogP contribution is -2.35. The van der Waals surface area contributed by atoms with Crippen LogP contribution in [0.2, 0.25) is 0 Å². The minimum Gasteiger partial charge on any atom is -0.465 e. The number of para-hydroxylation sites is 1. The number of carboxylic acid groups (broad SMARTS) is 1. The number of hydrogen-bond donors (Lipinski definition) is 2. The van der Waals surface area contributed by atoms with Gasteiger partial charge in [0.25, 0.3) is 5.91 Å². The lowest BCUT2D eigenvalue weighted by atomic mass is 9.99. The third-order valence-electron chi connectivity index (χ3n) is 6.08. The van der Waals surface area contributed by atoms with Crippen molar-refractivity contribution in [2.24, 2.45) is 5.92 Å². The molecule has 0 saturated carbocycles. The Morgan fingerprint density at radius 1 is 1.15 bits per heavy atom. The second-order valence-corrected chi connectivity index (χ2v) is 8.71. The molecule has 2 aromatic heterocycles. The maximum atomic E-state index is 13.1. The number of anilines is 3. The van der Waals surface area contributed by atoms with Gasteiger partial charge < -0.3 is 15.3 Å². The van der Waals surface area contributed by atoms with Crippen LogP contribution in [0, 0.1) is 12.8 Å². The summed E-state index contributed by atoms with van der Waals surface area (Å²) in [4.78, 5) is 32.9. The zero-order valence-electron chi connectivity index (χ0n) is 19.5. The molecule has 9 nitrogen and oxygen atoms in total. The van der Waals surface area contributed by atoms with Crippen LogP contribution in [0.1, 0.15) is 35.8 Å². The van der Waals surface area contributed by atoms with E-state index in [1.54, 1.807) is 41.3 Å². The van der Waals surface area contributed by atoms with E-state index in [0.717, 1.165) is 37.4 Å². The zero-order chi connectivity index (χ0) is 24.1. The number of benzene rings is 1. The number of amides is 2. The molecule has 2 amide bonds. The molecule has 9 heteroatoms. The molecule has 3 aromatic rings. The normalized spacial score (nSPS) is 14.1. The van der Waals surface area contributed by atoms with E-state index in [1.807, 2.05) is 25.1 Å². The van der Waals surface area contributed by atoms with Crippen molar-refractivity contribution in [1.82, 2.24) is 14.8 Å². The van der Waals surface area contributed by atoms with Gasteiger partial charge in [-0.15, -0.1) is 0 Å². The van der Waals surface area contributed by atoms with Crippen LogP contribution in [0.15, 0.2) is 54.9 Å². The summed E-state index contributed by atoms with van der Waals surface area (Å²) in [5, 5.41) is 16.7. The Kier molecular flexibility index (Phi) is 7.10. The third kappa shape index (κ3) is 5.54. The molecule has 3 heterocycles. The first kappa shape index (κ1) is 23.3. The van der Waals surface area contributed by atoms with E-state index >= 15 is 0 Å².